The van der Waals surface area contributed by atoms with E-state index in [1.807, 2.05) is 6.07 Å². The van der Waals surface area contributed by atoms with Crippen LogP contribution >= 0.6 is 0 Å². The molecule has 0 spiro atoms. The quantitative estimate of drug-likeness (QED) is 0.622. The van der Waals surface area contributed by atoms with Gasteiger partial charge in [-0.3, -0.25) is 9.80 Å². The lowest BCUT2D eigenvalue weighted by atomic mass is 10.1. The summed E-state index contributed by atoms with van der Waals surface area (Å²) >= 11 is 0. The van der Waals surface area contributed by atoms with Crippen LogP contribution in [0.3, 0.4) is 0 Å². The molecule has 4 rings (SSSR count). The molecule has 3 heterocycles. The number of hydrogen-bond donors (Lipinski definition) is 2. The first kappa shape index (κ1) is 15.3. The number of rotatable bonds is 5. The zero-order valence-corrected chi connectivity index (χ0v) is 13.5. The summed E-state index contributed by atoms with van der Waals surface area (Å²) < 4.78 is 0. The van der Waals surface area contributed by atoms with Crippen LogP contribution in [0.2, 0.25) is 0 Å². The lowest BCUT2D eigenvalue weighted by Crippen LogP contribution is -2.63. The lowest BCUT2D eigenvalue weighted by molar-refractivity contribution is 0.0154. The Hall–Kier alpha value is -1.59. The Balaban J connectivity index is 1.53. The van der Waals surface area contributed by atoms with Crippen molar-refractivity contribution < 1.29 is 0 Å². The zero-order chi connectivity index (χ0) is 15.2. The second-order valence-electron chi connectivity index (χ2n) is 6.05. The van der Waals surface area contributed by atoms with Gasteiger partial charge in [0.2, 0.25) is 0 Å². The van der Waals surface area contributed by atoms with Crippen LogP contribution in [-0.4, -0.2) is 67.6 Å². The van der Waals surface area contributed by atoms with Crippen molar-refractivity contribution in [3.63, 3.8) is 0 Å². The van der Waals surface area contributed by atoms with Crippen molar-refractivity contribution in [2.45, 2.75) is 19.5 Å². The van der Waals surface area contributed by atoms with E-state index in [0.29, 0.717) is 6.04 Å². The molecule has 2 bridgehead atoms. The summed E-state index contributed by atoms with van der Waals surface area (Å²) in [5.41, 5.74) is 1.24. The van der Waals surface area contributed by atoms with Crippen molar-refractivity contribution in [2.24, 2.45) is 4.99 Å². The fourth-order valence-corrected chi connectivity index (χ4v) is 3.23. The summed E-state index contributed by atoms with van der Waals surface area (Å²) in [4.78, 5) is 9.87. The van der Waals surface area contributed by atoms with Crippen molar-refractivity contribution >= 4 is 5.96 Å². The molecule has 3 aliphatic rings. The average Bonchev–Trinajstić information content (AvgIpc) is 2.59. The van der Waals surface area contributed by atoms with Crippen LogP contribution in [0.4, 0.5) is 0 Å². The van der Waals surface area contributed by atoms with Gasteiger partial charge in [-0.15, -0.1) is 0 Å². The fraction of sp³-hybridized carbons (Fsp3) is 0.588. The first-order chi connectivity index (χ1) is 10.8. The van der Waals surface area contributed by atoms with Gasteiger partial charge in [0.1, 0.15) is 0 Å². The van der Waals surface area contributed by atoms with Crippen molar-refractivity contribution in [2.75, 3.05) is 45.8 Å². The monoisotopic (exact) mass is 301 g/mol. The van der Waals surface area contributed by atoms with Gasteiger partial charge in [0, 0.05) is 51.9 Å². The maximum Gasteiger partial charge on any atom is 0.191 e. The Bertz CT molecular complexity index is 479. The molecule has 1 aromatic rings. The second-order valence-corrected chi connectivity index (χ2v) is 6.05. The van der Waals surface area contributed by atoms with Gasteiger partial charge in [-0.25, -0.2) is 4.99 Å². The van der Waals surface area contributed by atoms with Crippen molar-refractivity contribution in [1.82, 2.24) is 20.4 Å². The molecule has 0 amide bonds. The molecule has 1 atom stereocenters. The van der Waals surface area contributed by atoms with Crippen molar-refractivity contribution in [1.29, 1.82) is 0 Å². The third-order valence-corrected chi connectivity index (χ3v) is 4.50. The Labute approximate surface area is 133 Å². The highest BCUT2D eigenvalue weighted by Crippen LogP contribution is 2.14. The minimum Gasteiger partial charge on any atom is -0.357 e. The molecule has 0 saturated carbocycles. The predicted molar refractivity (Wildman–Crippen MR) is 91.1 cm³/mol. The van der Waals surface area contributed by atoms with Gasteiger partial charge in [0.25, 0.3) is 0 Å². The summed E-state index contributed by atoms with van der Waals surface area (Å²) in [6.45, 7) is 10.8. The van der Waals surface area contributed by atoms with E-state index in [2.05, 4.69) is 51.6 Å². The summed E-state index contributed by atoms with van der Waals surface area (Å²) in [5, 5.41) is 6.86. The van der Waals surface area contributed by atoms with E-state index in [0.717, 1.165) is 25.6 Å². The molecule has 0 aromatic heterocycles. The Morgan fingerprint density at radius 3 is 2.55 bits per heavy atom. The molecular formula is C17H27N5. The number of aliphatic imine (C=N–C) groups is 1. The van der Waals surface area contributed by atoms with Gasteiger partial charge in [-0.2, -0.15) is 0 Å². The molecule has 0 radical (unpaired) electrons. The maximum absolute atomic E-state index is 4.69. The van der Waals surface area contributed by atoms with Crippen LogP contribution in [0.1, 0.15) is 12.5 Å². The number of piperazine rings is 3. The van der Waals surface area contributed by atoms with Crippen molar-refractivity contribution in [3.8, 4) is 0 Å². The molecule has 5 heteroatoms. The highest BCUT2D eigenvalue weighted by atomic mass is 15.4. The molecule has 3 saturated heterocycles. The number of guanidine groups is 1. The van der Waals surface area contributed by atoms with Gasteiger partial charge in [0.15, 0.2) is 5.96 Å². The molecule has 3 aliphatic heterocycles. The van der Waals surface area contributed by atoms with E-state index in [9.17, 15) is 0 Å². The highest BCUT2D eigenvalue weighted by Gasteiger charge is 2.31. The number of benzene rings is 1. The van der Waals surface area contributed by atoms with Crippen LogP contribution in [0, 0.1) is 0 Å². The third-order valence-electron chi connectivity index (χ3n) is 4.50. The van der Waals surface area contributed by atoms with E-state index in [1.165, 1.54) is 38.3 Å². The topological polar surface area (TPSA) is 42.9 Å². The minimum absolute atomic E-state index is 0.614. The average molecular weight is 301 g/mol. The van der Waals surface area contributed by atoms with Crippen molar-refractivity contribution in [3.05, 3.63) is 35.9 Å². The fourth-order valence-electron chi connectivity index (χ4n) is 3.23. The van der Waals surface area contributed by atoms with E-state index in [1.54, 1.807) is 0 Å². The molecule has 3 fully saturated rings. The summed E-state index contributed by atoms with van der Waals surface area (Å²) in [6, 6.07) is 11.0. The zero-order valence-electron chi connectivity index (χ0n) is 13.5. The van der Waals surface area contributed by atoms with E-state index in [4.69, 9.17) is 4.99 Å². The first-order valence-electron chi connectivity index (χ1n) is 8.37. The van der Waals surface area contributed by atoms with Crippen LogP contribution in [0.5, 0.6) is 0 Å². The highest BCUT2D eigenvalue weighted by molar-refractivity contribution is 5.79. The SMILES string of the molecule is CCNC(=NCc1ccccc1)NCC1CN2CCN1CC2. The third kappa shape index (κ3) is 3.99. The molecule has 22 heavy (non-hydrogen) atoms. The molecular weight excluding hydrogens is 274 g/mol. The summed E-state index contributed by atoms with van der Waals surface area (Å²) in [6.07, 6.45) is 0. The number of fused-ring (bicyclic) bond motifs is 3. The lowest BCUT2D eigenvalue weighted by Gasteiger charge is -2.47. The van der Waals surface area contributed by atoms with Gasteiger partial charge < -0.3 is 10.6 Å². The molecule has 2 N–H and O–H groups in total. The molecule has 120 valence electrons. The summed E-state index contributed by atoms with van der Waals surface area (Å²) in [7, 11) is 0. The molecule has 1 unspecified atom stereocenters. The van der Waals surface area contributed by atoms with Crippen LogP contribution in [0.15, 0.2) is 35.3 Å². The molecule has 5 nitrogen and oxygen atoms in total. The summed E-state index contributed by atoms with van der Waals surface area (Å²) in [5.74, 6) is 0.920. The second kappa shape index (κ2) is 7.61. The smallest absolute Gasteiger partial charge is 0.191 e. The number of nitrogens with one attached hydrogen (secondary N) is 2. The first-order valence-corrected chi connectivity index (χ1v) is 8.37. The number of hydrogen-bond acceptors (Lipinski definition) is 3. The largest absolute Gasteiger partial charge is 0.357 e. The maximum atomic E-state index is 4.69. The van der Waals surface area contributed by atoms with Crippen LogP contribution < -0.4 is 10.6 Å². The van der Waals surface area contributed by atoms with Gasteiger partial charge in [0.05, 0.1) is 6.54 Å². The Kier molecular flexibility index (Phi) is 5.29. The van der Waals surface area contributed by atoms with Crippen LogP contribution in [-0.2, 0) is 6.54 Å². The van der Waals surface area contributed by atoms with Gasteiger partial charge in [-0.1, -0.05) is 30.3 Å². The van der Waals surface area contributed by atoms with E-state index >= 15 is 0 Å². The van der Waals surface area contributed by atoms with E-state index in [-0.39, 0.29) is 0 Å². The number of nitrogens with zero attached hydrogens (tertiary/aromatic N) is 3. The Morgan fingerprint density at radius 1 is 1.14 bits per heavy atom. The Morgan fingerprint density at radius 2 is 1.91 bits per heavy atom. The predicted octanol–water partition coefficient (Wildman–Crippen LogP) is 0.742. The standard InChI is InChI=1S/C17H27N5/c1-2-18-17(19-12-15-6-4-3-5-7-15)20-13-16-14-21-8-10-22(16)11-9-21/h3-7,16H,2,8-14H2,1H3,(H2,18,19,20). The minimum atomic E-state index is 0.614. The molecule has 1 aromatic carbocycles. The molecule has 0 aliphatic carbocycles. The normalized spacial score (nSPS) is 27.7. The van der Waals surface area contributed by atoms with Gasteiger partial charge >= 0.3 is 0 Å². The van der Waals surface area contributed by atoms with Crippen LogP contribution in [0.25, 0.3) is 0 Å². The van der Waals surface area contributed by atoms with Gasteiger partial charge in [-0.05, 0) is 12.5 Å². The van der Waals surface area contributed by atoms with E-state index < -0.39 is 0 Å².